The molecule has 112 valence electrons. The Balaban J connectivity index is 1.86. The molecular formula is C16H20N2O3. The number of benzene rings is 1. The minimum absolute atomic E-state index is 0.555. The van der Waals surface area contributed by atoms with Crippen molar-refractivity contribution < 1.29 is 13.9 Å². The summed E-state index contributed by atoms with van der Waals surface area (Å²) < 4.78 is 16.9. The van der Waals surface area contributed by atoms with Gasteiger partial charge in [0.1, 0.15) is 18.9 Å². The molecule has 0 atom stereocenters. The number of oxazole rings is 1. The molecule has 0 amide bonds. The lowest BCUT2D eigenvalue weighted by Gasteiger charge is -2.20. The van der Waals surface area contributed by atoms with E-state index in [9.17, 15) is 0 Å². The fourth-order valence-electron chi connectivity index (χ4n) is 2.35. The molecule has 1 N–H and O–H groups in total. The Bertz CT molecular complexity index is 607. The van der Waals surface area contributed by atoms with Gasteiger partial charge in [-0.3, -0.25) is 0 Å². The highest BCUT2D eigenvalue weighted by Gasteiger charge is 2.21. The molecule has 1 aromatic heterocycles. The van der Waals surface area contributed by atoms with Gasteiger partial charge >= 0.3 is 0 Å². The van der Waals surface area contributed by atoms with Crippen LogP contribution in [-0.4, -0.2) is 24.7 Å². The average molecular weight is 288 g/mol. The van der Waals surface area contributed by atoms with Crippen LogP contribution in [0, 0.1) is 5.92 Å². The summed E-state index contributed by atoms with van der Waals surface area (Å²) in [6, 6.07) is 5.82. The summed E-state index contributed by atoms with van der Waals surface area (Å²) in [4.78, 5) is 4.31. The third-order valence-corrected chi connectivity index (χ3v) is 3.30. The van der Waals surface area contributed by atoms with Crippen molar-refractivity contribution in [2.75, 3.05) is 19.8 Å². The van der Waals surface area contributed by atoms with Gasteiger partial charge in [0, 0.05) is 6.54 Å². The highest BCUT2D eigenvalue weighted by atomic mass is 16.6. The molecule has 1 aromatic carbocycles. The summed E-state index contributed by atoms with van der Waals surface area (Å²) in [7, 11) is 0. The third-order valence-electron chi connectivity index (χ3n) is 3.30. The zero-order valence-electron chi connectivity index (χ0n) is 12.4. The molecule has 1 aliphatic heterocycles. The molecule has 0 saturated heterocycles. The van der Waals surface area contributed by atoms with Crippen LogP contribution in [0.25, 0.3) is 11.3 Å². The summed E-state index contributed by atoms with van der Waals surface area (Å²) in [5.74, 6) is 2.84. The number of hydrogen-bond acceptors (Lipinski definition) is 5. The van der Waals surface area contributed by atoms with E-state index in [0.29, 0.717) is 25.7 Å². The zero-order chi connectivity index (χ0) is 14.7. The maximum absolute atomic E-state index is 5.74. The van der Waals surface area contributed by atoms with Gasteiger partial charge in [-0.1, -0.05) is 19.9 Å². The van der Waals surface area contributed by atoms with E-state index in [1.54, 1.807) is 0 Å². The topological polar surface area (TPSA) is 56.5 Å². The standard InChI is InChI=1S/C16H20N2O3/c1-11(2)8-17-9-13-15(21-10-18-13)12-4-3-5-14-16(12)20-7-6-19-14/h3-5,10-11,17H,6-9H2,1-2H3. The average Bonchev–Trinajstić information content (AvgIpc) is 2.94. The molecule has 0 unspecified atom stereocenters. The second kappa shape index (κ2) is 6.18. The smallest absolute Gasteiger partial charge is 0.181 e. The summed E-state index contributed by atoms with van der Waals surface area (Å²) in [6.07, 6.45) is 1.48. The van der Waals surface area contributed by atoms with Crippen LogP contribution in [0.2, 0.25) is 0 Å². The minimum atomic E-state index is 0.555. The highest BCUT2D eigenvalue weighted by Crippen LogP contribution is 2.40. The number of aromatic nitrogens is 1. The second-order valence-electron chi connectivity index (χ2n) is 5.48. The van der Waals surface area contributed by atoms with E-state index in [-0.39, 0.29) is 0 Å². The van der Waals surface area contributed by atoms with E-state index in [4.69, 9.17) is 13.9 Å². The molecule has 3 rings (SSSR count). The Morgan fingerprint density at radius 3 is 2.95 bits per heavy atom. The van der Waals surface area contributed by atoms with Crippen LogP contribution in [0.15, 0.2) is 29.0 Å². The second-order valence-corrected chi connectivity index (χ2v) is 5.48. The molecule has 0 fully saturated rings. The number of nitrogens with one attached hydrogen (secondary N) is 1. The quantitative estimate of drug-likeness (QED) is 0.917. The first-order valence-electron chi connectivity index (χ1n) is 7.27. The van der Waals surface area contributed by atoms with Crippen molar-refractivity contribution in [3.63, 3.8) is 0 Å². The van der Waals surface area contributed by atoms with E-state index >= 15 is 0 Å². The molecule has 0 aliphatic carbocycles. The number of hydrogen-bond donors (Lipinski definition) is 1. The van der Waals surface area contributed by atoms with E-state index in [2.05, 4.69) is 24.1 Å². The fraction of sp³-hybridized carbons (Fsp3) is 0.438. The highest BCUT2D eigenvalue weighted by molar-refractivity contribution is 5.71. The Morgan fingerprint density at radius 1 is 1.24 bits per heavy atom. The lowest BCUT2D eigenvalue weighted by Crippen LogP contribution is -2.19. The van der Waals surface area contributed by atoms with Crippen LogP contribution in [0.4, 0.5) is 0 Å². The van der Waals surface area contributed by atoms with Crippen molar-refractivity contribution in [2.45, 2.75) is 20.4 Å². The van der Waals surface area contributed by atoms with Gasteiger partial charge in [-0.05, 0) is 24.6 Å². The van der Waals surface area contributed by atoms with E-state index in [1.165, 1.54) is 6.39 Å². The van der Waals surface area contributed by atoms with Crippen molar-refractivity contribution in [1.82, 2.24) is 10.3 Å². The predicted molar refractivity (Wildman–Crippen MR) is 79.5 cm³/mol. The maximum atomic E-state index is 5.74. The van der Waals surface area contributed by atoms with Crippen molar-refractivity contribution in [3.8, 4) is 22.8 Å². The summed E-state index contributed by atoms with van der Waals surface area (Å²) in [5.41, 5.74) is 1.78. The number of para-hydroxylation sites is 1. The molecule has 5 heteroatoms. The van der Waals surface area contributed by atoms with Crippen molar-refractivity contribution in [3.05, 3.63) is 30.3 Å². The molecule has 0 bridgehead atoms. The first-order chi connectivity index (χ1) is 10.3. The Labute approximate surface area is 124 Å². The van der Waals surface area contributed by atoms with Crippen LogP contribution in [0.5, 0.6) is 11.5 Å². The normalized spacial score (nSPS) is 13.7. The van der Waals surface area contributed by atoms with E-state index in [0.717, 1.165) is 35.1 Å². The molecule has 1 aliphatic rings. The van der Waals surface area contributed by atoms with E-state index in [1.807, 2.05) is 18.2 Å². The number of fused-ring (bicyclic) bond motifs is 1. The predicted octanol–water partition coefficient (Wildman–Crippen LogP) is 2.86. The fourth-order valence-corrected chi connectivity index (χ4v) is 2.35. The van der Waals surface area contributed by atoms with E-state index < -0.39 is 0 Å². The Kier molecular flexibility index (Phi) is 4.10. The van der Waals surface area contributed by atoms with Crippen molar-refractivity contribution in [2.24, 2.45) is 5.92 Å². The Morgan fingerprint density at radius 2 is 2.10 bits per heavy atom. The minimum Gasteiger partial charge on any atom is -0.486 e. The molecule has 21 heavy (non-hydrogen) atoms. The van der Waals surface area contributed by atoms with Crippen LogP contribution in [0.3, 0.4) is 0 Å². The lowest BCUT2D eigenvalue weighted by atomic mass is 10.1. The van der Waals surface area contributed by atoms with Crippen LogP contribution in [-0.2, 0) is 6.54 Å². The number of nitrogens with zero attached hydrogens (tertiary/aromatic N) is 1. The van der Waals surface area contributed by atoms with Crippen molar-refractivity contribution >= 4 is 0 Å². The molecular weight excluding hydrogens is 268 g/mol. The Hall–Kier alpha value is -2.01. The summed E-state index contributed by atoms with van der Waals surface area (Å²) >= 11 is 0. The maximum Gasteiger partial charge on any atom is 0.181 e. The van der Waals surface area contributed by atoms with Gasteiger partial charge in [-0.2, -0.15) is 0 Å². The summed E-state index contributed by atoms with van der Waals surface area (Å²) in [6.45, 7) is 7.10. The molecule has 0 radical (unpaired) electrons. The number of rotatable bonds is 5. The SMILES string of the molecule is CC(C)CNCc1ncoc1-c1cccc2c1OCCO2. The molecule has 0 spiro atoms. The zero-order valence-corrected chi connectivity index (χ0v) is 12.4. The van der Waals surface area contributed by atoms with Gasteiger partial charge in [0.2, 0.25) is 0 Å². The van der Waals surface area contributed by atoms with Crippen LogP contribution in [0.1, 0.15) is 19.5 Å². The van der Waals surface area contributed by atoms with Gasteiger partial charge in [0.05, 0.1) is 5.56 Å². The summed E-state index contributed by atoms with van der Waals surface area (Å²) in [5, 5.41) is 3.38. The lowest BCUT2D eigenvalue weighted by molar-refractivity contribution is 0.172. The van der Waals surface area contributed by atoms with Gasteiger partial charge in [-0.25, -0.2) is 4.98 Å². The van der Waals surface area contributed by atoms with Crippen molar-refractivity contribution in [1.29, 1.82) is 0 Å². The van der Waals surface area contributed by atoms with Gasteiger partial charge in [0.15, 0.2) is 23.7 Å². The molecule has 0 saturated carbocycles. The first-order valence-corrected chi connectivity index (χ1v) is 7.27. The van der Waals surface area contributed by atoms with Crippen LogP contribution < -0.4 is 14.8 Å². The molecule has 2 aromatic rings. The van der Waals surface area contributed by atoms with Gasteiger partial charge in [-0.15, -0.1) is 0 Å². The van der Waals surface area contributed by atoms with Gasteiger partial charge < -0.3 is 19.2 Å². The number of ether oxygens (including phenoxy) is 2. The molecule has 5 nitrogen and oxygen atoms in total. The first kappa shape index (κ1) is 13.9. The largest absolute Gasteiger partial charge is 0.486 e. The third kappa shape index (κ3) is 3.03. The molecule has 2 heterocycles. The monoisotopic (exact) mass is 288 g/mol. The van der Waals surface area contributed by atoms with Crippen LogP contribution >= 0.6 is 0 Å². The van der Waals surface area contributed by atoms with Gasteiger partial charge in [0.25, 0.3) is 0 Å².